The van der Waals surface area contributed by atoms with Gasteiger partial charge in [-0.3, -0.25) is 4.79 Å². The highest BCUT2D eigenvalue weighted by atomic mass is 32.2. The third-order valence-corrected chi connectivity index (χ3v) is 5.57. The van der Waals surface area contributed by atoms with Crippen LogP contribution in [-0.4, -0.2) is 42.2 Å². The number of carboxylic acids is 1. The van der Waals surface area contributed by atoms with Crippen molar-refractivity contribution in [3.63, 3.8) is 0 Å². The molecule has 0 saturated carbocycles. The average Bonchev–Trinajstić information content (AvgIpc) is 2.47. The van der Waals surface area contributed by atoms with Gasteiger partial charge in [0.15, 0.2) is 9.84 Å². The average molecular weight is 361 g/mol. The first-order valence-electron chi connectivity index (χ1n) is 8.84. The minimum absolute atomic E-state index is 0.164. The summed E-state index contributed by atoms with van der Waals surface area (Å²) >= 11 is 0. The molecule has 6 heteroatoms. The van der Waals surface area contributed by atoms with Crippen LogP contribution in [0.2, 0.25) is 0 Å². The maximum absolute atomic E-state index is 11.8. The van der Waals surface area contributed by atoms with Gasteiger partial charge in [-0.25, -0.2) is 8.42 Å². The van der Waals surface area contributed by atoms with Crippen molar-refractivity contribution in [2.24, 2.45) is 0 Å². The summed E-state index contributed by atoms with van der Waals surface area (Å²) in [4.78, 5) is 10.4. The van der Waals surface area contributed by atoms with Crippen LogP contribution in [0.4, 0.5) is 0 Å². The van der Waals surface area contributed by atoms with E-state index in [4.69, 9.17) is 5.11 Å². The van der Waals surface area contributed by atoms with Crippen LogP contribution in [0, 0.1) is 11.8 Å². The van der Waals surface area contributed by atoms with E-state index in [1.165, 1.54) is 6.26 Å². The number of unbranched alkanes of at least 4 members (excludes halogenated alkanes) is 5. The van der Waals surface area contributed by atoms with Crippen molar-refractivity contribution in [2.45, 2.75) is 88.9 Å². The summed E-state index contributed by atoms with van der Waals surface area (Å²) in [6.07, 6.45) is 8.20. The summed E-state index contributed by atoms with van der Waals surface area (Å²) in [5.41, 5.74) is 0. The monoisotopic (exact) mass is 360 g/mol. The lowest BCUT2D eigenvalue weighted by Gasteiger charge is -2.12. The van der Waals surface area contributed by atoms with E-state index in [0.717, 1.165) is 38.5 Å². The molecular weight excluding hydrogens is 328 g/mol. The van der Waals surface area contributed by atoms with Gasteiger partial charge in [0.25, 0.3) is 0 Å². The third-order valence-electron chi connectivity index (χ3n) is 3.95. The summed E-state index contributed by atoms with van der Waals surface area (Å²) in [6, 6.07) is 0. The fraction of sp³-hybridized carbons (Fsp3) is 0.833. The molecule has 0 aromatic rings. The second kappa shape index (κ2) is 13.3. The van der Waals surface area contributed by atoms with E-state index in [1.54, 1.807) is 0 Å². The molecule has 0 rings (SSSR count). The number of hydrogen-bond donors (Lipinski definition) is 2. The van der Waals surface area contributed by atoms with Crippen LogP contribution in [-0.2, 0) is 14.6 Å². The Balaban J connectivity index is 4.18. The Morgan fingerprint density at radius 3 is 2.25 bits per heavy atom. The molecule has 0 aliphatic rings. The molecule has 5 nitrogen and oxygen atoms in total. The zero-order valence-electron chi connectivity index (χ0n) is 15.0. The molecule has 0 aliphatic carbocycles. The van der Waals surface area contributed by atoms with Crippen LogP contribution >= 0.6 is 0 Å². The van der Waals surface area contributed by atoms with Gasteiger partial charge in [-0.05, 0) is 25.7 Å². The van der Waals surface area contributed by atoms with Gasteiger partial charge < -0.3 is 10.2 Å². The van der Waals surface area contributed by atoms with Crippen LogP contribution in [0.25, 0.3) is 0 Å². The Morgan fingerprint density at radius 2 is 1.67 bits per heavy atom. The highest BCUT2D eigenvalue weighted by Crippen LogP contribution is 2.15. The van der Waals surface area contributed by atoms with Crippen LogP contribution in [0.1, 0.15) is 77.6 Å². The lowest BCUT2D eigenvalue weighted by molar-refractivity contribution is -0.137. The van der Waals surface area contributed by atoms with Gasteiger partial charge in [0.05, 0.1) is 5.25 Å². The number of carbonyl (C=O) groups is 1. The van der Waals surface area contributed by atoms with Crippen LogP contribution < -0.4 is 0 Å². The van der Waals surface area contributed by atoms with Crippen molar-refractivity contribution in [3.8, 4) is 11.8 Å². The Morgan fingerprint density at radius 1 is 1.04 bits per heavy atom. The second-order valence-electron chi connectivity index (χ2n) is 6.33. The highest BCUT2D eigenvalue weighted by Gasteiger charge is 2.19. The molecule has 0 aromatic carbocycles. The normalized spacial score (nSPS) is 13.8. The Bertz CT molecular complexity index is 501. The van der Waals surface area contributed by atoms with E-state index in [-0.39, 0.29) is 12.8 Å². The topological polar surface area (TPSA) is 91.7 Å². The molecule has 0 spiro atoms. The molecular formula is C18H32O5S. The predicted octanol–water partition coefficient (Wildman–Crippen LogP) is 3.16. The molecule has 0 amide bonds. The van der Waals surface area contributed by atoms with Crippen molar-refractivity contribution < 1.29 is 23.4 Å². The molecule has 2 N–H and O–H groups in total. The molecule has 0 aliphatic heterocycles. The fourth-order valence-corrected chi connectivity index (χ4v) is 3.40. The van der Waals surface area contributed by atoms with Gasteiger partial charge in [-0.2, -0.15) is 0 Å². The van der Waals surface area contributed by atoms with Crippen LogP contribution in [0.3, 0.4) is 0 Å². The molecule has 0 radical (unpaired) electrons. The van der Waals surface area contributed by atoms with Gasteiger partial charge in [0.1, 0.15) is 6.10 Å². The molecule has 0 fully saturated rings. The Hall–Kier alpha value is -1.06. The molecule has 1 unspecified atom stereocenters. The summed E-state index contributed by atoms with van der Waals surface area (Å²) in [7, 11) is -3.17. The van der Waals surface area contributed by atoms with Crippen molar-refractivity contribution in [2.75, 3.05) is 6.26 Å². The molecule has 24 heavy (non-hydrogen) atoms. The molecule has 0 saturated heterocycles. The van der Waals surface area contributed by atoms with Crippen molar-refractivity contribution in [3.05, 3.63) is 0 Å². The lowest BCUT2D eigenvalue weighted by Crippen LogP contribution is -2.19. The van der Waals surface area contributed by atoms with E-state index < -0.39 is 27.2 Å². The van der Waals surface area contributed by atoms with E-state index >= 15 is 0 Å². The maximum Gasteiger partial charge on any atom is 0.303 e. The van der Waals surface area contributed by atoms with Gasteiger partial charge in [-0.15, -0.1) is 0 Å². The largest absolute Gasteiger partial charge is 0.481 e. The number of aliphatic hydroxyl groups is 1. The quantitative estimate of drug-likeness (QED) is 0.389. The molecule has 2 atom stereocenters. The Kier molecular flexibility index (Phi) is 12.7. The number of aliphatic hydroxyl groups excluding tert-OH is 1. The van der Waals surface area contributed by atoms with Crippen LogP contribution in [0.15, 0.2) is 0 Å². The van der Waals surface area contributed by atoms with Gasteiger partial charge in [0.2, 0.25) is 0 Å². The summed E-state index contributed by atoms with van der Waals surface area (Å²) < 4.78 is 23.6. The van der Waals surface area contributed by atoms with Crippen molar-refractivity contribution >= 4 is 15.8 Å². The van der Waals surface area contributed by atoms with E-state index in [2.05, 4.69) is 18.8 Å². The molecule has 0 bridgehead atoms. The standard InChI is InChI=1S/C18H32O5S/c1-3-4-7-11-16(19)12-10-14-17(24(2,22)23)13-8-5-6-9-15-18(20)21/h16-17,19H,3-9,11,13-15H2,1-2H3,(H,20,21)/t16-,17?/m1/s1. The first kappa shape index (κ1) is 22.9. The van der Waals surface area contributed by atoms with E-state index in [1.807, 2.05) is 0 Å². The number of rotatable bonds is 13. The highest BCUT2D eigenvalue weighted by molar-refractivity contribution is 7.91. The maximum atomic E-state index is 11.8. The van der Waals surface area contributed by atoms with Gasteiger partial charge in [-0.1, -0.05) is 50.9 Å². The van der Waals surface area contributed by atoms with E-state index in [9.17, 15) is 18.3 Å². The first-order chi connectivity index (χ1) is 11.3. The Labute approximate surface area is 146 Å². The number of sulfone groups is 1. The number of aliphatic carboxylic acids is 1. The van der Waals surface area contributed by atoms with Gasteiger partial charge in [0, 0.05) is 19.1 Å². The van der Waals surface area contributed by atoms with Crippen LogP contribution in [0.5, 0.6) is 0 Å². The minimum atomic E-state index is -3.17. The lowest BCUT2D eigenvalue weighted by atomic mass is 10.1. The first-order valence-corrected chi connectivity index (χ1v) is 10.8. The fourth-order valence-electron chi connectivity index (χ4n) is 2.42. The number of hydrogen-bond acceptors (Lipinski definition) is 4. The van der Waals surface area contributed by atoms with Crippen molar-refractivity contribution in [1.29, 1.82) is 0 Å². The van der Waals surface area contributed by atoms with Gasteiger partial charge >= 0.3 is 5.97 Å². The summed E-state index contributed by atoms with van der Waals surface area (Å²) in [5.74, 6) is 4.78. The molecule has 140 valence electrons. The number of carboxylic acid groups (broad SMARTS) is 1. The zero-order valence-corrected chi connectivity index (χ0v) is 15.8. The molecule has 0 aromatic heterocycles. The predicted molar refractivity (Wildman–Crippen MR) is 96.5 cm³/mol. The zero-order chi connectivity index (χ0) is 18.4. The molecule has 0 heterocycles. The van der Waals surface area contributed by atoms with E-state index in [0.29, 0.717) is 19.3 Å². The third kappa shape index (κ3) is 13.4. The summed E-state index contributed by atoms with van der Waals surface area (Å²) in [5, 5.41) is 17.8. The summed E-state index contributed by atoms with van der Waals surface area (Å²) in [6.45, 7) is 2.09. The SMILES string of the molecule is CCCCC[C@@H](O)C#CCC(CCCCCCC(=O)O)S(C)(=O)=O. The minimum Gasteiger partial charge on any atom is -0.481 e. The second-order valence-corrected chi connectivity index (χ2v) is 8.66. The van der Waals surface area contributed by atoms with Crippen molar-refractivity contribution in [1.82, 2.24) is 0 Å². The smallest absolute Gasteiger partial charge is 0.303 e.